The summed E-state index contributed by atoms with van der Waals surface area (Å²) in [4.78, 5) is 27.2. The van der Waals surface area contributed by atoms with Gasteiger partial charge in [0.1, 0.15) is 12.1 Å². The Labute approximate surface area is 123 Å². The van der Waals surface area contributed by atoms with E-state index >= 15 is 0 Å². The highest BCUT2D eigenvalue weighted by Crippen LogP contribution is 2.30. The maximum Gasteiger partial charge on any atom is 0.246 e. The van der Waals surface area contributed by atoms with Crippen molar-refractivity contribution in [3.63, 3.8) is 0 Å². The first kappa shape index (κ1) is 17.0. The Bertz CT molecular complexity index is 367. The van der Waals surface area contributed by atoms with Crippen LogP contribution in [0.2, 0.25) is 0 Å². The second-order valence-corrected chi connectivity index (χ2v) is 7.21. The Morgan fingerprint density at radius 1 is 1.15 bits per heavy atom. The fourth-order valence-corrected chi connectivity index (χ4v) is 3.00. The Balaban J connectivity index is 3.21. The first-order valence-corrected chi connectivity index (χ1v) is 7.77. The maximum absolute atomic E-state index is 12.9. The van der Waals surface area contributed by atoms with E-state index in [4.69, 9.17) is 0 Å². The minimum absolute atomic E-state index is 0.00794. The van der Waals surface area contributed by atoms with Crippen LogP contribution in [-0.2, 0) is 9.59 Å². The zero-order chi connectivity index (χ0) is 15.7. The van der Waals surface area contributed by atoms with Gasteiger partial charge in [0.25, 0.3) is 0 Å². The first-order valence-electron chi connectivity index (χ1n) is 7.77. The highest BCUT2D eigenvalue weighted by molar-refractivity contribution is 5.97. The molecule has 0 aliphatic carbocycles. The second-order valence-electron chi connectivity index (χ2n) is 7.21. The molecule has 1 aliphatic heterocycles. The van der Waals surface area contributed by atoms with Crippen molar-refractivity contribution >= 4 is 11.8 Å². The normalized spacial score (nSPS) is 24.6. The van der Waals surface area contributed by atoms with Gasteiger partial charge in [0.15, 0.2) is 0 Å². The van der Waals surface area contributed by atoms with Crippen LogP contribution in [0.3, 0.4) is 0 Å². The van der Waals surface area contributed by atoms with Gasteiger partial charge in [0.2, 0.25) is 11.8 Å². The van der Waals surface area contributed by atoms with Gasteiger partial charge in [-0.3, -0.25) is 9.59 Å². The standard InChI is InChI=1S/C16H30N2O2/c1-8-11(9-2)18-12(10(3)4)14(19)17-13(15(18)20)16(5,6)7/h10-13H,8-9H2,1-7H3,(H,17,19). The summed E-state index contributed by atoms with van der Waals surface area (Å²) >= 11 is 0. The third kappa shape index (κ3) is 3.15. The third-order valence-corrected chi connectivity index (χ3v) is 4.19. The minimum atomic E-state index is -0.425. The van der Waals surface area contributed by atoms with Gasteiger partial charge in [-0.15, -0.1) is 0 Å². The summed E-state index contributed by atoms with van der Waals surface area (Å²) in [6.07, 6.45) is 1.77. The molecule has 1 fully saturated rings. The molecule has 4 nitrogen and oxygen atoms in total. The summed E-state index contributed by atoms with van der Waals surface area (Å²) in [7, 11) is 0. The van der Waals surface area contributed by atoms with Crippen LogP contribution in [0.15, 0.2) is 0 Å². The van der Waals surface area contributed by atoms with Crippen LogP contribution in [0.4, 0.5) is 0 Å². The molecular formula is C16H30N2O2. The van der Waals surface area contributed by atoms with Crippen molar-refractivity contribution < 1.29 is 9.59 Å². The molecular weight excluding hydrogens is 252 g/mol. The molecule has 4 heteroatoms. The predicted octanol–water partition coefficient (Wildman–Crippen LogP) is 2.57. The first-order chi connectivity index (χ1) is 9.15. The molecule has 0 aromatic rings. The van der Waals surface area contributed by atoms with Crippen LogP contribution in [-0.4, -0.2) is 34.8 Å². The molecule has 0 spiro atoms. The van der Waals surface area contributed by atoms with E-state index < -0.39 is 6.04 Å². The lowest BCUT2D eigenvalue weighted by molar-refractivity contribution is -0.157. The summed E-state index contributed by atoms with van der Waals surface area (Å²) < 4.78 is 0. The average Bonchev–Trinajstić information content (AvgIpc) is 2.32. The zero-order valence-electron chi connectivity index (χ0n) is 14.0. The molecule has 20 heavy (non-hydrogen) atoms. The van der Waals surface area contributed by atoms with Gasteiger partial charge < -0.3 is 10.2 Å². The summed E-state index contributed by atoms with van der Waals surface area (Å²) in [6, 6.07) is -0.623. The van der Waals surface area contributed by atoms with Crippen LogP contribution in [0.1, 0.15) is 61.3 Å². The van der Waals surface area contributed by atoms with E-state index in [-0.39, 0.29) is 35.2 Å². The maximum atomic E-state index is 12.9. The van der Waals surface area contributed by atoms with Crippen molar-refractivity contribution in [2.75, 3.05) is 0 Å². The molecule has 0 saturated carbocycles. The number of carbonyl (C=O) groups is 2. The Kier molecular flexibility index (Phi) is 5.22. The molecule has 1 aliphatic rings. The number of hydrogen-bond donors (Lipinski definition) is 1. The molecule has 116 valence electrons. The number of nitrogens with zero attached hydrogens (tertiary/aromatic N) is 1. The quantitative estimate of drug-likeness (QED) is 0.861. The van der Waals surface area contributed by atoms with Gasteiger partial charge in [-0.05, 0) is 24.2 Å². The van der Waals surface area contributed by atoms with Gasteiger partial charge in [0.05, 0.1) is 0 Å². The van der Waals surface area contributed by atoms with Crippen molar-refractivity contribution in [1.82, 2.24) is 10.2 Å². The van der Waals surface area contributed by atoms with Gasteiger partial charge in [-0.25, -0.2) is 0 Å². The summed E-state index contributed by atoms with van der Waals surface area (Å²) in [5, 5.41) is 2.94. The fraction of sp³-hybridized carbons (Fsp3) is 0.875. The van der Waals surface area contributed by atoms with E-state index in [1.165, 1.54) is 0 Å². The van der Waals surface area contributed by atoms with Crippen LogP contribution >= 0.6 is 0 Å². The molecule has 0 aromatic carbocycles. The zero-order valence-corrected chi connectivity index (χ0v) is 14.0. The van der Waals surface area contributed by atoms with Gasteiger partial charge >= 0.3 is 0 Å². The second kappa shape index (κ2) is 6.15. The highest BCUT2D eigenvalue weighted by atomic mass is 16.2. The van der Waals surface area contributed by atoms with Crippen molar-refractivity contribution in [2.45, 2.75) is 79.4 Å². The molecule has 1 heterocycles. The van der Waals surface area contributed by atoms with Crippen molar-refractivity contribution in [1.29, 1.82) is 0 Å². The summed E-state index contributed by atoms with van der Waals surface area (Å²) in [5.41, 5.74) is -0.265. The van der Waals surface area contributed by atoms with Crippen molar-refractivity contribution in [3.8, 4) is 0 Å². The van der Waals surface area contributed by atoms with Crippen LogP contribution in [0.5, 0.6) is 0 Å². The lowest BCUT2D eigenvalue weighted by Gasteiger charge is -2.47. The van der Waals surface area contributed by atoms with Gasteiger partial charge in [-0.1, -0.05) is 48.5 Å². The van der Waals surface area contributed by atoms with E-state index in [1.54, 1.807) is 0 Å². The lowest BCUT2D eigenvalue weighted by atomic mass is 9.82. The molecule has 2 unspecified atom stereocenters. The molecule has 2 atom stereocenters. The minimum Gasteiger partial charge on any atom is -0.342 e. The summed E-state index contributed by atoms with van der Waals surface area (Å²) in [5.74, 6) is 0.191. The topological polar surface area (TPSA) is 49.4 Å². The van der Waals surface area contributed by atoms with E-state index in [0.717, 1.165) is 12.8 Å². The smallest absolute Gasteiger partial charge is 0.246 e. The summed E-state index contributed by atoms with van der Waals surface area (Å²) in [6.45, 7) is 14.2. The van der Waals surface area contributed by atoms with E-state index in [1.807, 2.05) is 39.5 Å². The fourth-order valence-electron chi connectivity index (χ4n) is 3.00. The molecule has 0 radical (unpaired) electrons. The van der Waals surface area contributed by atoms with Crippen molar-refractivity contribution in [2.24, 2.45) is 11.3 Å². The number of amides is 2. The predicted molar refractivity (Wildman–Crippen MR) is 81.2 cm³/mol. The molecule has 1 rings (SSSR count). The number of hydrogen-bond acceptors (Lipinski definition) is 2. The highest BCUT2D eigenvalue weighted by Gasteiger charge is 2.47. The lowest BCUT2D eigenvalue weighted by Crippen LogP contribution is -2.69. The Hall–Kier alpha value is -1.06. The van der Waals surface area contributed by atoms with Crippen LogP contribution in [0.25, 0.3) is 0 Å². The van der Waals surface area contributed by atoms with Crippen LogP contribution in [0, 0.1) is 11.3 Å². The number of carbonyl (C=O) groups excluding carboxylic acids is 2. The average molecular weight is 282 g/mol. The van der Waals surface area contributed by atoms with Crippen LogP contribution < -0.4 is 5.32 Å². The molecule has 1 N–H and O–H groups in total. The number of piperazine rings is 1. The number of nitrogens with one attached hydrogen (secondary N) is 1. The monoisotopic (exact) mass is 282 g/mol. The largest absolute Gasteiger partial charge is 0.342 e. The van der Waals surface area contributed by atoms with E-state index in [0.29, 0.717) is 0 Å². The van der Waals surface area contributed by atoms with Crippen molar-refractivity contribution in [3.05, 3.63) is 0 Å². The molecule has 0 bridgehead atoms. The molecule has 2 amide bonds. The molecule has 0 aromatic heterocycles. The Morgan fingerprint density at radius 2 is 1.65 bits per heavy atom. The molecule has 1 saturated heterocycles. The Morgan fingerprint density at radius 3 is 2.00 bits per heavy atom. The van der Waals surface area contributed by atoms with Gasteiger partial charge in [0, 0.05) is 6.04 Å². The van der Waals surface area contributed by atoms with Gasteiger partial charge in [-0.2, -0.15) is 0 Å². The SMILES string of the molecule is CCC(CC)N1C(=O)C(C(C)(C)C)NC(=O)C1C(C)C. The van der Waals surface area contributed by atoms with E-state index in [9.17, 15) is 9.59 Å². The third-order valence-electron chi connectivity index (χ3n) is 4.19. The number of rotatable bonds is 4. The van der Waals surface area contributed by atoms with E-state index in [2.05, 4.69) is 19.2 Å².